The molecule has 6 heteroatoms. The molecular weight excluding hydrogens is 504 g/mol. The first-order chi connectivity index (χ1) is 19.1. The average Bonchev–Trinajstić information content (AvgIpc) is 3.00. The number of aliphatic hydroxyl groups excluding tert-OH is 1. The van der Waals surface area contributed by atoms with E-state index in [0.29, 0.717) is 6.61 Å². The summed E-state index contributed by atoms with van der Waals surface area (Å²) in [6.07, 6.45) is 6.75. The number of aryl methyl sites for hydroxylation is 2. The topological polar surface area (TPSA) is 57.2 Å². The minimum absolute atomic E-state index is 0.370. The first-order valence-corrected chi connectivity index (χ1v) is 16.1. The van der Waals surface area contributed by atoms with Gasteiger partial charge in [-0.1, -0.05) is 98.3 Å². The first-order valence-electron chi connectivity index (χ1n) is 14.1. The van der Waals surface area contributed by atoms with Gasteiger partial charge >= 0.3 is 8.80 Å². The molecule has 3 rings (SSSR count). The molecule has 1 unspecified atom stereocenters. The van der Waals surface area contributed by atoms with Gasteiger partial charge in [0.2, 0.25) is 0 Å². The van der Waals surface area contributed by atoms with Gasteiger partial charge in [0.25, 0.3) is 0 Å². The standard InChI is InChI=1S/C20H26O2.C13H22O3Si/c1-2-3-15-22-16-20(21)14-11-17-9-12-19(13-10-17)18-7-5-4-6-8-18;1-14-17(15-2,16-3)12-8-7-11-13-9-5-4-6-10-13/h4-10,12-13,20-21H,2-3,11,14-16H2,1H3;4-6,9-10H,7-8,11-12H2,1-3H3. The molecule has 39 heavy (non-hydrogen) atoms. The van der Waals surface area contributed by atoms with Crippen LogP contribution in [-0.2, 0) is 30.9 Å². The Labute approximate surface area is 237 Å². The number of aliphatic hydroxyl groups is 1. The Hall–Kier alpha value is -2.32. The summed E-state index contributed by atoms with van der Waals surface area (Å²) in [5, 5.41) is 9.92. The lowest BCUT2D eigenvalue weighted by Crippen LogP contribution is -2.42. The van der Waals surface area contributed by atoms with Crippen LogP contribution in [0.2, 0.25) is 6.04 Å². The van der Waals surface area contributed by atoms with Crippen molar-refractivity contribution in [2.45, 2.75) is 64.0 Å². The summed E-state index contributed by atoms with van der Waals surface area (Å²) in [5.41, 5.74) is 5.10. The molecule has 0 aliphatic carbocycles. The maximum atomic E-state index is 9.92. The fraction of sp³-hybridized carbons (Fsp3) is 0.455. The number of hydrogen-bond acceptors (Lipinski definition) is 5. The lowest BCUT2D eigenvalue weighted by atomic mass is 10.0. The Morgan fingerprint density at radius 3 is 1.82 bits per heavy atom. The molecule has 0 aromatic heterocycles. The van der Waals surface area contributed by atoms with Crippen LogP contribution in [-0.4, -0.2) is 54.6 Å². The van der Waals surface area contributed by atoms with Crippen LogP contribution in [0.3, 0.4) is 0 Å². The summed E-state index contributed by atoms with van der Waals surface area (Å²) in [6.45, 7) is 3.33. The number of benzene rings is 3. The molecule has 3 aromatic rings. The Morgan fingerprint density at radius 2 is 1.23 bits per heavy atom. The van der Waals surface area contributed by atoms with Crippen molar-refractivity contribution >= 4 is 8.80 Å². The zero-order valence-electron chi connectivity index (χ0n) is 24.3. The van der Waals surface area contributed by atoms with E-state index in [9.17, 15) is 5.11 Å². The summed E-state index contributed by atoms with van der Waals surface area (Å²) >= 11 is 0. The van der Waals surface area contributed by atoms with Crippen molar-refractivity contribution in [1.29, 1.82) is 0 Å². The van der Waals surface area contributed by atoms with E-state index in [1.54, 1.807) is 21.3 Å². The van der Waals surface area contributed by atoms with Crippen LogP contribution in [0.25, 0.3) is 11.1 Å². The smallest absolute Gasteiger partial charge is 0.391 e. The fourth-order valence-electron chi connectivity index (χ4n) is 4.25. The number of hydrogen-bond donors (Lipinski definition) is 1. The molecule has 3 aromatic carbocycles. The fourth-order valence-corrected chi connectivity index (χ4v) is 6.04. The molecule has 0 heterocycles. The maximum Gasteiger partial charge on any atom is 0.500 e. The zero-order chi connectivity index (χ0) is 28.2. The van der Waals surface area contributed by atoms with Gasteiger partial charge in [0.05, 0.1) is 12.7 Å². The third-order valence-electron chi connectivity index (χ3n) is 6.75. The lowest BCUT2D eigenvalue weighted by Gasteiger charge is -2.24. The molecule has 0 saturated heterocycles. The Morgan fingerprint density at radius 1 is 0.667 bits per heavy atom. The predicted molar refractivity (Wildman–Crippen MR) is 163 cm³/mol. The van der Waals surface area contributed by atoms with Crippen LogP contribution in [0, 0.1) is 0 Å². The molecule has 0 bridgehead atoms. The molecule has 1 N–H and O–H groups in total. The van der Waals surface area contributed by atoms with Crippen LogP contribution in [0.1, 0.15) is 50.2 Å². The van der Waals surface area contributed by atoms with Crippen molar-refractivity contribution in [2.75, 3.05) is 34.5 Å². The number of rotatable bonds is 17. The molecule has 1 atom stereocenters. The molecule has 0 radical (unpaired) electrons. The van der Waals surface area contributed by atoms with Gasteiger partial charge < -0.3 is 23.1 Å². The third-order valence-corrected chi connectivity index (χ3v) is 9.59. The van der Waals surface area contributed by atoms with Crippen LogP contribution >= 0.6 is 0 Å². The van der Waals surface area contributed by atoms with E-state index >= 15 is 0 Å². The zero-order valence-corrected chi connectivity index (χ0v) is 25.3. The maximum absolute atomic E-state index is 9.92. The third kappa shape index (κ3) is 13.1. The van der Waals surface area contributed by atoms with Crippen LogP contribution in [0.5, 0.6) is 0 Å². The van der Waals surface area contributed by atoms with Gasteiger partial charge in [0, 0.05) is 34.0 Å². The summed E-state index contributed by atoms with van der Waals surface area (Å²) in [7, 11) is 2.63. The van der Waals surface area contributed by atoms with Crippen LogP contribution in [0.15, 0.2) is 84.9 Å². The number of ether oxygens (including phenoxy) is 1. The molecule has 5 nitrogen and oxygen atoms in total. The molecule has 0 aliphatic heterocycles. The Bertz CT molecular complexity index is 970. The highest BCUT2D eigenvalue weighted by atomic mass is 28.4. The summed E-state index contributed by atoms with van der Waals surface area (Å²) in [6, 6.07) is 30.4. The molecule has 0 saturated carbocycles. The molecule has 0 aliphatic rings. The summed E-state index contributed by atoms with van der Waals surface area (Å²) in [5.74, 6) is 0. The SMILES string of the molecule is CCCCOCC(O)CCc1ccc(-c2ccccc2)cc1.CO[Si](CCCCc1ccccc1)(OC)OC. The summed E-state index contributed by atoms with van der Waals surface area (Å²) < 4.78 is 21.6. The van der Waals surface area contributed by atoms with Crippen LogP contribution < -0.4 is 0 Å². The normalized spacial score (nSPS) is 12.0. The molecule has 0 spiro atoms. The van der Waals surface area contributed by atoms with Gasteiger partial charge in [0.1, 0.15) is 0 Å². The van der Waals surface area contributed by atoms with Gasteiger partial charge in [-0.2, -0.15) is 0 Å². The lowest BCUT2D eigenvalue weighted by molar-refractivity contribution is 0.0317. The monoisotopic (exact) mass is 552 g/mol. The summed E-state index contributed by atoms with van der Waals surface area (Å²) in [4.78, 5) is 0. The minimum Gasteiger partial charge on any atom is -0.391 e. The van der Waals surface area contributed by atoms with Crippen molar-refractivity contribution in [1.82, 2.24) is 0 Å². The molecule has 0 amide bonds. The van der Waals surface area contributed by atoms with E-state index in [1.807, 2.05) is 12.1 Å². The van der Waals surface area contributed by atoms with E-state index in [-0.39, 0.29) is 6.10 Å². The highest BCUT2D eigenvalue weighted by Crippen LogP contribution is 2.20. The second-order valence-corrected chi connectivity index (χ2v) is 12.8. The largest absolute Gasteiger partial charge is 0.500 e. The Kier molecular flexibility index (Phi) is 16.6. The minimum atomic E-state index is -2.36. The highest BCUT2D eigenvalue weighted by molar-refractivity contribution is 6.60. The van der Waals surface area contributed by atoms with Gasteiger partial charge in [-0.15, -0.1) is 0 Å². The Balaban J connectivity index is 0.000000283. The van der Waals surface area contributed by atoms with Crippen molar-refractivity contribution in [3.8, 4) is 11.1 Å². The quantitative estimate of drug-likeness (QED) is 0.140. The van der Waals surface area contributed by atoms with E-state index < -0.39 is 8.80 Å². The van der Waals surface area contributed by atoms with Crippen molar-refractivity contribution in [3.05, 3.63) is 96.1 Å². The first kappa shape index (κ1) is 32.9. The van der Waals surface area contributed by atoms with Gasteiger partial charge in [-0.25, -0.2) is 0 Å². The molecule has 0 fully saturated rings. The van der Waals surface area contributed by atoms with Gasteiger partial charge in [0.15, 0.2) is 0 Å². The van der Waals surface area contributed by atoms with Gasteiger partial charge in [-0.05, 0) is 60.8 Å². The van der Waals surface area contributed by atoms with E-state index in [1.165, 1.54) is 22.3 Å². The van der Waals surface area contributed by atoms with Crippen molar-refractivity contribution in [2.24, 2.45) is 0 Å². The second-order valence-electron chi connectivity index (χ2n) is 9.67. The van der Waals surface area contributed by atoms with E-state index in [4.69, 9.17) is 18.0 Å². The van der Waals surface area contributed by atoms with Crippen molar-refractivity contribution < 1.29 is 23.1 Å². The molecular formula is C33H48O5Si. The highest BCUT2D eigenvalue weighted by Gasteiger charge is 2.36. The second kappa shape index (κ2) is 19.7. The van der Waals surface area contributed by atoms with E-state index in [0.717, 1.165) is 57.6 Å². The van der Waals surface area contributed by atoms with Crippen molar-refractivity contribution in [3.63, 3.8) is 0 Å². The van der Waals surface area contributed by atoms with Crippen LogP contribution in [0.4, 0.5) is 0 Å². The van der Waals surface area contributed by atoms with Gasteiger partial charge in [-0.3, -0.25) is 0 Å². The number of unbranched alkanes of at least 4 members (excludes halogenated alkanes) is 2. The predicted octanol–water partition coefficient (Wildman–Crippen LogP) is 7.35. The molecule has 214 valence electrons. The average molecular weight is 553 g/mol. The van der Waals surface area contributed by atoms with E-state index in [2.05, 4.69) is 79.7 Å².